The molecule has 0 unspecified atom stereocenters. The van der Waals surface area contributed by atoms with Gasteiger partial charge in [0.15, 0.2) is 0 Å². The number of aliphatic carboxylic acids is 1. The summed E-state index contributed by atoms with van der Waals surface area (Å²) >= 11 is 0. The summed E-state index contributed by atoms with van der Waals surface area (Å²) in [4.78, 5) is 34.3. The third-order valence-corrected chi connectivity index (χ3v) is 11.7. The summed E-state index contributed by atoms with van der Waals surface area (Å²) in [5.74, 6) is 1.04. The molecule has 0 amide bonds. The molecule has 2 heterocycles. The van der Waals surface area contributed by atoms with Crippen LogP contribution in [0.3, 0.4) is 0 Å². The Morgan fingerprint density at radius 2 is 1.16 bits per heavy atom. The Balaban J connectivity index is 0.000000723. The van der Waals surface area contributed by atoms with E-state index in [0.717, 1.165) is 25.9 Å². The zero-order valence-corrected chi connectivity index (χ0v) is 33.4. The van der Waals surface area contributed by atoms with Crippen molar-refractivity contribution in [1.29, 1.82) is 0 Å². The zero-order valence-electron chi connectivity index (χ0n) is 33.5. The smallest absolute Gasteiger partial charge is 0.870 e. The molecule has 56 heavy (non-hydrogen) atoms. The van der Waals surface area contributed by atoms with Crippen molar-refractivity contribution in [3.05, 3.63) is 101 Å². The number of hydrogen-bond acceptors (Lipinski definition) is 9. The van der Waals surface area contributed by atoms with E-state index in [4.69, 9.17) is 17.1 Å². The fraction of sp³-hybridized carbons (Fsp3) is 0.475. The summed E-state index contributed by atoms with van der Waals surface area (Å²) in [6, 6.07) is 32.4. The number of carbonyl (C=O) groups excluding carboxylic acids is 2. The number of carboxylic acid groups (broad SMARTS) is 1. The molecule has 3 aromatic carbocycles. The van der Waals surface area contributed by atoms with Crippen molar-refractivity contribution in [1.82, 2.24) is 10.6 Å². The van der Waals surface area contributed by atoms with E-state index < -0.39 is 33.2 Å². The number of carbonyl (C=O) groups is 3. The first-order chi connectivity index (χ1) is 26.1. The van der Waals surface area contributed by atoms with Crippen molar-refractivity contribution in [3.63, 3.8) is 0 Å². The van der Waals surface area contributed by atoms with Gasteiger partial charge in [-0.05, 0) is 99.5 Å². The van der Waals surface area contributed by atoms with E-state index in [1.54, 1.807) is 6.92 Å². The van der Waals surface area contributed by atoms with Gasteiger partial charge in [0.2, 0.25) is 0 Å². The van der Waals surface area contributed by atoms with E-state index in [1.165, 1.54) is 48.5 Å². The van der Waals surface area contributed by atoms with Gasteiger partial charge in [0, 0.05) is 24.1 Å². The molecule has 0 spiro atoms. The SMILES string of the molecule is CC(=O)[C@@H](N=[N+]=[N-])[C@@H](O)C1CC1.CC(=O)[C@H]1N[C@@H]1C1CC1.CO.O.O=C(O)[C@H]1N[C@@H]1C1CC1.[2H]CF.[Li+].[OH-].c1ccc(P(c2ccccc2)c2ccccc2)cc1. The van der Waals surface area contributed by atoms with Crippen molar-refractivity contribution in [3.8, 4) is 0 Å². The van der Waals surface area contributed by atoms with Crippen LogP contribution >= 0.6 is 7.92 Å². The number of benzene rings is 3. The topological polar surface area (TPSA) is 266 Å². The molecule has 0 aromatic heterocycles. The molecular weight excluding hydrogens is 735 g/mol. The molecule has 13 nitrogen and oxygen atoms in total. The number of nitrogens with one attached hydrogen (secondary N) is 2. The van der Waals surface area contributed by atoms with E-state index in [2.05, 4.69) is 112 Å². The molecule has 0 bridgehead atoms. The molecule has 5 aliphatic rings. The number of halogens is 1. The van der Waals surface area contributed by atoms with E-state index in [0.29, 0.717) is 23.8 Å². The van der Waals surface area contributed by atoms with E-state index in [1.807, 2.05) is 0 Å². The molecule has 3 aliphatic carbocycles. The van der Waals surface area contributed by atoms with Gasteiger partial charge >= 0.3 is 24.8 Å². The molecule has 8 N–H and O–H groups in total. The Hall–Kier alpha value is -3.50. The van der Waals surface area contributed by atoms with Gasteiger partial charge in [0.1, 0.15) is 23.7 Å². The predicted molar refractivity (Wildman–Crippen MR) is 213 cm³/mol. The van der Waals surface area contributed by atoms with Crippen LogP contribution in [0.1, 0.15) is 53.7 Å². The molecule has 5 fully saturated rings. The Morgan fingerprint density at radius 3 is 1.41 bits per heavy atom. The van der Waals surface area contributed by atoms with E-state index >= 15 is 0 Å². The summed E-state index contributed by atoms with van der Waals surface area (Å²) in [6.07, 6.45) is 6.18. The Kier molecular flexibility index (Phi) is 24.5. The number of aliphatic hydroxyl groups is 2. The van der Waals surface area contributed by atoms with Gasteiger partial charge in [-0.2, -0.15) is 0 Å². The molecule has 8 rings (SSSR count). The molecule has 0 radical (unpaired) electrons. The van der Waals surface area contributed by atoms with Gasteiger partial charge in [-0.1, -0.05) is 96.1 Å². The van der Waals surface area contributed by atoms with Crippen LogP contribution in [-0.2, 0) is 14.4 Å². The van der Waals surface area contributed by atoms with Gasteiger partial charge in [-0.3, -0.25) is 24.1 Å². The Bertz CT molecular complexity index is 1510. The van der Waals surface area contributed by atoms with Crippen LogP contribution in [0.25, 0.3) is 10.4 Å². The third-order valence-electron chi connectivity index (χ3n) is 9.27. The number of nitrogens with zero attached hydrogens (tertiary/aromatic N) is 3. The molecule has 6 atom stereocenters. The fourth-order valence-corrected chi connectivity index (χ4v) is 8.25. The van der Waals surface area contributed by atoms with Crippen LogP contribution in [0, 0.1) is 17.8 Å². The van der Waals surface area contributed by atoms with E-state index in [9.17, 15) is 23.9 Å². The summed E-state index contributed by atoms with van der Waals surface area (Å²) in [7, 11) is -0.446. The van der Waals surface area contributed by atoms with Gasteiger partial charge in [0.25, 0.3) is 0 Å². The summed E-state index contributed by atoms with van der Waals surface area (Å²) in [5.41, 5.74) is 8.13. The second-order valence-corrected chi connectivity index (χ2v) is 15.6. The molecule has 302 valence electrons. The number of azide groups is 1. The van der Waals surface area contributed by atoms with E-state index in [-0.39, 0.29) is 53.6 Å². The number of hydrogen-bond donors (Lipinski definition) is 5. The largest absolute Gasteiger partial charge is 1.00 e. The normalized spacial score (nSPS) is 21.5. The monoisotopic (exact) mass is 792 g/mol. The number of alkyl halides is 1. The van der Waals surface area contributed by atoms with Crippen molar-refractivity contribution >= 4 is 41.4 Å². The summed E-state index contributed by atoms with van der Waals surface area (Å²) in [5, 5.41) is 38.5. The average molecular weight is 793 g/mol. The summed E-state index contributed by atoms with van der Waals surface area (Å²) in [6.45, 7) is 2.99. The molecule has 3 aromatic rings. The van der Waals surface area contributed by atoms with Crippen LogP contribution < -0.4 is 45.4 Å². The van der Waals surface area contributed by atoms with Gasteiger partial charge in [-0.15, -0.1) is 0 Å². The minimum absolute atomic E-state index is 0. The van der Waals surface area contributed by atoms with Crippen molar-refractivity contribution in [2.45, 2.75) is 88.7 Å². The Labute approximate surface area is 343 Å². The van der Waals surface area contributed by atoms with Crippen molar-refractivity contribution in [2.75, 3.05) is 14.3 Å². The minimum atomic E-state index is -1.00. The van der Waals surface area contributed by atoms with Crippen LogP contribution in [0.5, 0.6) is 0 Å². The van der Waals surface area contributed by atoms with Gasteiger partial charge in [-0.25, -0.2) is 0 Å². The molecule has 2 saturated heterocycles. The standard InChI is InChI=1S/C18H15P.C7H11N3O2.C7H11NO.C6H9NO2.CH3F.CH4O.Li.2H2O/c1-4-10-16(11-5-1)19(17-12-6-2-7-13-17)18-14-8-3-9-15-18;1-4(11)6(9-10-8)7(12)5-2-3-5;1-4(9)6-7(8-6)5-2-3-5;8-6(9)5-4(7-5)3-1-2-3;2*1-2;;;/h1-15H;5-7,12H,2-3H2,1H3;5-8H,2-3H2,1H3;3-5,7H,1-2H2,(H,8,9);1H3;2H,1H3;;2*1H2/q;;;;;;+1;;/p-1/t;6-,7+;6-,7-;4-,5+;;;;;/m.111...../s1/i;;;;1D;;;;. The maximum Gasteiger partial charge on any atom is 1.00 e. The van der Waals surface area contributed by atoms with Crippen LogP contribution in [-0.4, -0.2) is 94.4 Å². The zero-order chi connectivity index (χ0) is 39.6. The van der Waals surface area contributed by atoms with Crippen LogP contribution in [0.4, 0.5) is 4.39 Å². The maximum absolute atomic E-state index is 10.9. The number of Topliss-reactive ketones (excluding diaryl/α,β-unsaturated/α-hetero) is 2. The Morgan fingerprint density at radius 1 is 0.804 bits per heavy atom. The number of aliphatic hydroxyl groups excluding tert-OH is 2. The second kappa shape index (κ2) is 27.2. The maximum atomic E-state index is 10.9. The van der Waals surface area contributed by atoms with Crippen LogP contribution in [0.15, 0.2) is 96.1 Å². The third kappa shape index (κ3) is 17.3. The van der Waals surface area contributed by atoms with Crippen molar-refractivity contribution < 1.29 is 65.3 Å². The number of carboxylic acids is 1. The number of rotatable bonds is 11. The minimum Gasteiger partial charge on any atom is -0.870 e. The molecular formula is C40H56FLiN5O8P. The predicted octanol–water partition coefficient (Wildman–Crippen LogP) is 0.814. The first-order valence-corrected chi connectivity index (χ1v) is 19.2. The quantitative estimate of drug-likeness (QED) is 0.0459. The van der Waals surface area contributed by atoms with Gasteiger partial charge < -0.3 is 31.6 Å². The molecule has 16 heteroatoms. The molecule has 2 aliphatic heterocycles. The molecule has 3 saturated carbocycles. The number of ketones is 2. The summed E-state index contributed by atoms with van der Waals surface area (Å²) < 4.78 is 15.5. The first kappa shape index (κ1) is 50.5. The second-order valence-electron chi connectivity index (χ2n) is 13.4. The fourth-order valence-electron chi connectivity index (χ4n) is 5.95. The van der Waals surface area contributed by atoms with Crippen molar-refractivity contribution in [2.24, 2.45) is 22.9 Å². The van der Waals surface area contributed by atoms with Crippen LogP contribution in [0.2, 0.25) is 0 Å². The first-order valence-electron chi connectivity index (χ1n) is 18.5. The van der Waals surface area contributed by atoms with Gasteiger partial charge in [0.05, 0.1) is 20.7 Å². The average Bonchev–Trinajstić information content (AvgIpc) is 3.98.